The summed E-state index contributed by atoms with van der Waals surface area (Å²) >= 11 is 3.30. The minimum absolute atomic E-state index is 0.144. The fourth-order valence-electron chi connectivity index (χ4n) is 1.47. The van der Waals surface area contributed by atoms with Gasteiger partial charge in [0.25, 0.3) is 5.56 Å². The first kappa shape index (κ1) is 16.2. The maximum absolute atomic E-state index is 12.0. The number of hydrogen-bond acceptors (Lipinski definition) is 4. The van der Waals surface area contributed by atoms with Crippen LogP contribution in [0.5, 0.6) is 0 Å². The molecule has 0 saturated heterocycles. The minimum Gasteiger partial charge on any atom is -0.388 e. The topological polar surface area (TPSA) is 67.2 Å². The van der Waals surface area contributed by atoms with Crippen LogP contribution < -0.4 is 10.9 Å². The smallest absolute Gasteiger partial charge is 0.283 e. The summed E-state index contributed by atoms with van der Waals surface area (Å²) < 4.78 is 1.92. The molecule has 0 saturated carbocycles. The second kappa shape index (κ2) is 7.05. The van der Waals surface area contributed by atoms with E-state index in [1.165, 1.54) is 4.68 Å². The molecular weight excluding hydrogens is 310 g/mol. The highest BCUT2D eigenvalue weighted by atomic mass is 79.9. The van der Waals surface area contributed by atoms with Crippen molar-refractivity contribution in [1.82, 2.24) is 9.78 Å². The van der Waals surface area contributed by atoms with Crippen molar-refractivity contribution in [3.05, 3.63) is 21.0 Å². The highest BCUT2D eigenvalue weighted by molar-refractivity contribution is 9.10. The Balaban J connectivity index is 2.82. The molecule has 1 aromatic rings. The molecule has 0 amide bonds. The molecule has 0 spiro atoms. The third kappa shape index (κ3) is 4.62. The molecule has 6 heteroatoms. The Hall–Kier alpha value is -0.880. The first-order valence-corrected chi connectivity index (χ1v) is 7.42. The Morgan fingerprint density at radius 1 is 1.53 bits per heavy atom. The number of nitrogens with zero attached hydrogens (tertiary/aromatic N) is 2. The molecule has 19 heavy (non-hydrogen) atoms. The molecule has 0 fully saturated rings. The molecule has 0 aliphatic carbocycles. The SMILES string of the molecule is CCCCn1ncc(NCC(C)(O)CC)c(Br)c1=O. The fraction of sp³-hybridized carbons (Fsp3) is 0.692. The van der Waals surface area contributed by atoms with Crippen LogP contribution in [0.15, 0.2) is 15.5 Å². The van der Waals surface area contributed by atoms with Gasteiger partial charge in [-0.1, -0.05) is 20.3 Å². The Labute approximate surface area is 122 Å². The summed E-state index contributed by atoms with van der Waals surface area (Å²) in [7, 11) is 0. The van der Waals surface area contributed by atoms with Gasteiger partial charge in [-0.15, -0.1) is 0 Å². The molecule has 5 nitrogen and oxygen atoms in total. The first-order valence-electron chi connectivity index (χ1n) is 6.63. The van der Waals surface area contributed by atoms with Crippen LogP contribution in [0.2, 0.25) is 0 Å². The lowest BCUT2D eigenvalue weighted by Gasteiger charge is -2.22. The molecule has 1 unspecified atom stereocenters. The number of rotatable bonds is 7. The summed E-state index contributed by atoms with van der Waals surface area (Å²) in [6.07, 6.45) is 4.20. The van der Waals surface area contributed by atoms with E-state index in [0.717, 1.165) is 12.8 Å². The quantitative estimate of drug-likeness (QED) is 0.804. The molecular formula is C13H22BrN3O2. The molecule has 108 valence electrons. The lowest BCUT2D eigenvalue weighted by Crippen LogP contribution is -2.33. The number of aromatic nitrogens is 2. The van der Waals surface area contributed by atoms with Gasteiger partial charge in [-0.2, -0.15) is 5.10 Å². The van der Waals surface area contributed by atoms with Crippen molar-refractivity contribution >= 4 is 21.6 Å². The summed E-state index contributed by atoms with van der Waals surface area (Å²) in [5, 5.41) is 17.1. The van der Waals surface area contributed by atoms with Gasteiger partial charge in [-0.05, 0) is 35.7 Å². The Kier molecular flexibility index (Phi) is 6.00. The second-order valence-electron chi connectivity index (χ2n) is 4.96. The van der Waals surface area contributed by atoms with E-state index in [-0.39, 0.29) is 5.56 Å². The number of aliphatic hydroxyl groups is 1. The van der Waals surface area contributed by atoms with E-state index in [4.69, 9.17) is 0 Å². The second-order valence-corrected chi connectivity index (χ2v) is 5.75. The molecule has 0 aliphatic heterocycles. The van der Waals surface area contributed by atoms with Crippen LogP contribution in [0.25, 0.3) is 0 Å². The van der Waals surface area contributed by atoms with Crippen molar-refractivity contribution < 1.29 is 5.11 Å². The van der Waals surface area contributed by atoms with E-state index in [1.807, 2.05) is 6.92 Å². The third-order valence-corrected chi connectivity index (χ3v) is 3.90. The zero-order valence-electron chi connectivity index (χ0n) is 11.7. The molecule has 1 rings (SSSR count). The van der Waals surface area contributed by atoms with Crippen molar-refractivity contribution in [3.8, 4) is 0 Å². The van der Waals surface area contributed by atoms with E-state index in [9.17, 15) is 9.90 Å². The van der Waals surface area contributed by atoms with E-state index < -0.39 is 5.60 Å². The van der Waals surface area contributed by atoms with E-state index >= 15 is 0 Å². The zero-order chi connectivity index (χ0) is 14.5. The minimum atomic E-state index is -0.795. The molecule has 0 bridgehead atoms. The van der Waals surface area contributed by atoms with Gasteiger partial charge >= 0.3 is 0 Å². The number of anilines is 1. The van der Waals surface area contributed by atoms with Crippen LogP contribution in [0, 0.1) is 0 Å². The van der Waals surface area contributed by atoms with Gasteiger partial charge in [0, 0.05) is 13.1 Å². The van der Waals surface area contributed by atoms with Crippen LogP contribution in [-0.4, -0.2) is 27.0 Å². The fourth-order valence-corrected chi connectivity index (χ4v) is 1.91. The lowest BCUT2D eigenvalue weighted by atomic mass is 10.0. The van der Waals surface area contributed by atoms with Crippen molar-refractivity contribution in [2.75, 3.05) is 11.9 Å². The van der Waals surface area contributed by atoms with Crippen molar-refractivity contribution in [2.24, 2.45) is 0 Å². The zero-order valence-corrected chi connectivity index (χ0v) is 13.3. The lowest BCUT2D eigenvalue weighted by molar-refractivity contribution is 0.0697. The summed E-state index contributed by atoms with van der Waals surface area (Å²) in [6.45, 7) is 6.74. The Morgan fingerprint density at radius 3 is 2.79 bits per heavy atom. The maximum atomic E-state index is 12.0. The van der Waals surface area contributed by atoms with Gasteiger partial charge in [-0.25, -0.2) is 4.68 Å². The summed E-state index contributed by atoms with van der Waals surface area (Å²) in [4.78, 5) is 12.0. The summed E-state index contributed by atoms with van der Waals surface area (Å²) in [5.41, 5.74) is -0.322. The van der Waals surface area contributed by atoms with E-state index in [1.54, 1.807) is 13.1 Å². The standard InChI is InChI=1S/C13H22BrN3O2/c1-4-6-7-17-12(18)11(14)10(8-16-17)15-9-13(3,19)5-2/h8,15,19H,4-7,9H2,1-3H3. The Bertz CT molecular complexity index is 471. The average Bonchev–Trinajstić information content (AvgIpc) is 2.39. The molecule has 1 atom stereocenters. The van der Waals surface area contributed by atoms with Crippen molar-refractivity contribution in [3.63, 3.8) is 0 Å². The van der Waals surface area contributed by atoms with Gasteiger partial charge in [0.05, 0.1) is 17.5 Å². The van der Waals surface area contributed by atoms with E-state index in [2.05, 4.69) is 33.3 Å². The molecule has 0 aliphatic rings. The summed E-state index contributed by atoms with van der Waals surface area (Å²) in [5.74, 6) is 0. The third-order valence-electron chi connectivity index (χ3n) is 3.13. The number of hydrogen-bond donors (Lipinski definition) is 2. The van der Waals surface area contributed by atoms with Crippen LogP contribution >= 0.6 is 15.9 Å². The van der Waals surface area contributed by atoms with Gasteiger partial charge < -0.3 is 10.4 Å². The highest BCUT2D eigenvalue weighted by Crippen LogP contribution is 2.18. The monoisotopic (exact) mass is 331 g/mol. The van der Waals surface area contributed by atoms with Crippen LogP contribution in [-0.2, 0) is 6.54 Å². The largest absolute Gasteiger partial charge is 0.388 e. The number of nitrogens with one attached hydrogen (secondary N) is 1. The van der Waals surface area contributed by atoms with E-state index in [0.29, 0.717) is 29.7 Å². The average molecular weight is 332 g/mol. The Morgan fingerprint density at radius 2 is 2.21 bits per heavy atom. The highest BCUT2D eigenvalue weighted by Gasteiger charge is 2.18. The predicted molar refractivity (Wildman–Crippen MR) is 80.5 cm³/mol. The van der Waals surface area contributed by atoms with Crippen LogP contribution in [0.1, 0.15) is 40.0 Å². The van der Waals surface area contributed by atoms with Gasteiger partial charge in [0.2, 0.25) is 0 Å². The van der Waals surface area contributed by atoms with Crippen LogP contribution in [0.3, 0.4) is 0 Å². The molecule has 1 aromatic heterocycles. The van der Waals surface area contributed by atoms with Gasteiger partial charge in [0.15, 0.2) is 0 Å². The molecule has 0 radical (unpaired) electrons. The number of aryl methyl sites for hydroxylation is 1. The van der Waals surface area contributed by atoms with Crippen molar-refractivity contribution in [1.29, 1.82) is 0 Å². The molecule has 1 heterocycles. The normalized spacial score (nSPS) is 14.2. The number of unbranched alkanes of at least 4 members (excludes halogenated alkanes) is 1. The van der Waals surface area contributed by atoms with Gasteiger partial charge in [-0.3, -0.25) is 4.79 Å². The predicted octanol–water partition coefficient (Wildman–Crippen LogP) is 2.38. The molecule has 2 N–H and O–H groups in total. The van der Waals surface area contributed by atoms with Crippen molar-refractivity contribution in [2.45, 2.75) is 52.2 Å². The maximum Gasteiger partial charge on any atom is 0.283 e. The molecule has 0 aromatic carbocycles. The number of halogens is 1. The van der Waals surface area contributed by atoms with Gasteiger partial charge in [0.1, 0.15) is 4.47 Å². The van der Waals surface area contributed by atoms with Crippen LogP contribution in [0.4, 0.5) is 5.69 Å². The summed E-state index contributed by atoms with van der Waals surface area (Å²) in [6, 6.07) is 0. The first-order chi connectivity index (χ1) is 8.91.